The molecular weight excluding hydrogens is 451 g/mol. The number of halogens is 1. The van der Waals surface area contributed by atoms with E-state index in [9.17, 15) is 0 Å². The van der Waals surface area contributed by atoms with E-state index >= 15 is 0 Å². The first-order chi connectivity index (χ1) is 12.6. The van der Waals surface area contributed by atoms with Crippen LogP contribution in [0.25, 0.3) is 11.5 Å². The predicted molar refractivity (Wildman–Crippen MR) is 122 cm³/mol. The van der Waals surface area contributed by atoms with Crippen LogP contribution in [0.4, 0.5) is 5.69 Å². The Balaban J connectivity index is 0.00000261. The summed E-state index contributed by atoms with van der Waals surface area (Å²) in [5.41, 5.74) is 11.2. The number of anilines is 1. The Kier molecular flexibility index (Phi) is 7.84. The first kappa shape index (κ1) is 21.0. The van der Waals surface area contributed by atoms with Crippen LogP contribution in [0.15, 0.2) is 64.2 Å². The third-order valence-electron chi connectivity index (χ3n) is 4.13. The van der Waals surface area contributed by atoms with E-state index in [1.807, 2.05) is 36.4 Å². The van der Waals surface area contributed by atoms with Gasteiger partial charge in [-0.05, 0) is 43.2 Å². The average Bonchev–Trinajstić information content (AvgIpc) is 3.12. The highest BCUT2D eigenvalue weighted by molar-refractivity contribution is 14.0. The van der Waals surface area contributed by atoms with Crippen molar-refractivity contribution in [2.24, 2.45) is 10.7 Å². The highest BCUT2D eigenvalue weighted by Gasteiger charge is 2.06. The van der Waals surface area contributed by atoms with E-state index in [2.05, 4.69) is 41.3 Å². The zero-order valence-electron chi connectivity index (χ0n) is 15.6. The largest absolute Gasteiger partial charge is 0.444 e. The molecule has 142 valence electrons. The number of aryl methyl sites for hydroxylation is 2. The van der Waals surface area contributed by atoms with Gasteiger partial charge in [-0.25, -0.2) is 4.98 Å². The zero-order chi connectivity index (χ0) is 18.4. The van der Waals surface area contributed by atoms with Crippen molar-refractivity contribution in [1.29, 1.82) is 0 Å². The van der Waals surface area contributed by atoms with Gasteiger partial charge in [0.25, 0.3) is 0 Å². The molecule has 5 nitrogen and oxygen atoms in total. The maximum atomic E-state index is 5.95. The number of oxazole rings is 1. The second-order valence-corrected chi connectivity index (χ2v) is 6.20. The molecule has 27 heavy (non-hydrogen) atoms. The Labute approximate surface area is 177 Å². The van der Waals surface area contributed by atoms with Gasteiger partial charge in [-0.15, -0.1) is 24.0 Å². The van der Waals surface area contributed by atoms with Gasteiger partial charge in [0.2, 0.25) is 5.89 Å². The monoisotopic (exact) mass is 476 g/mol. The number of nitrogens with one attached hydrogen (secondary N) is 1. The molecule has 0 aliphatic rings. The standard InChI is InChI=1S/C21H24N4O.HI/c1-3-16-6-10-18(11-7-16)25-21(22)23-13-12-19-14-26-20(24-19)17-8-4-15(2)5-9-17;/h4-11,14H,3,12-13H2,1-2H3,(H3,22,23,25);1H. The second kappa shape index (κ2) is 10.1. The Morgan fingerprint density at radius 3 is 2.48 bits per heavy atom. The van der Waals surface area contributed by atoms with Crippen LogP contribution in [-0.4, -0.2) is 17.5 Å². The van der Waals surface area contributed by atoms with Gasteiger partial charge >= 0.3 is 0 Å². The molecule has 2 aromatic carbocycles. The smallest absolute Gasteiger partial charge is 0.226 e. The summed E-state index contributed by atoms with van der Waals surface area (Å²) in [7, 11) is 0. The third-order valence-corrected chi connectivity index (χ3v) is 4.13. The molecule has 0 fully saturated rings. The fraction of sp³-hybridized carbons (Fsp3) is 0.238. The zero-order valence-corrected chi connectivity index (χ0v) is 17.9. The Bertz CT molecular complexity index is 870. The molecule has 6 heteroatoms. The van der Waals surface area contributed by atoms with Crippen LogP contribution in [0, 0.1) is 6.92 Å². The molecule has 3 aromatic rings. The van der Waals surface area contributed by atoms with Gasteiger partial charge < -0.3 is 15.5 Å². The molecule has 0 bridgehead atoms. The predicted octanol–water partition coefficient (Wildman–Crippen LogP) is 4.80. The Morgan fingerprint density at radius 1 is 1.11 bits per heavy atom. The number of nitrogens with two attached hydrogens (primary N) is 1. The van der Waals surface area contributed by atoms with E-state index in [-0.39, 0.29) is 24.0 Å². The molecule has 1 aromatic heterocycles. The van der Waals surface area contributed by atoms with Crippen molar-refractivity contribution in [2.45, 2.75) is 26.7 Å². The minimum Gasteiger partial charge on any atom is -0.444 e. The molecule has 0 saturated carbocycles. The maximum Gasteiger partial charge on any atom is 0.226 e. The lowest BCUT2D eigenvalue weighted by molar-refractivity contribution is 0.572. The van der Waals surface area contributed by atoms with E-state index < -0.39 is 0 Å². The lowest BCUT2D eigenvalue weighted by Crippen LogP contribution is -2.23. The van der Waals surface area contributed by atoms with E-state index in [0.29, 0.717) is 24.8 Å². The molecule has 0 saturated heterocycles. The quantitative estimate of drug-likeness (QED) is 0.305. The fourth-order valence-electron chi connectivity index (χ4n) is 2.55. The molecule has 0 aliphatic carbocycles. The summed E-state index contributed by atoms with van der Waals surface area (Å²) in [6.07, 6.45) is 3.37. The number of aliphatic imine (C=N–C) groups is 1. The van der Waals surface area contributed by atoms with Gasteiger partial charge in [-0.3, -0.25) is 4.99 Å². The summed E-state index contributed by atoms with van der Waals surface area (Å²) in [5, 5.41) is 3.10. The van der Waals surface area contributed by atoms with Crippen molar-refractivity contribution in [3.05, 3.63) is 71.6 Å². The molecule has 0 atom stereocenters. The van der Waals surface area contributed by atoms with Gasteiger partial charge in [0, 0.05) is 24.2 Å². The van der Waals surface area contributed by atoms with E-state index in [0.717, 1.165) is 23.4 Å². The topological polar surface area (TPSA) is 76.4 Å². The van der Waals surface area contributed by atoms with Crippen LogP contribution < -0.4 is 11.1 Å². The van der Waals surface area contributed by atoms with Gasteiger partial charge in [-0.1, -0.05) is 36.8 Å². The lowest BCUT2D eigenvalue weighted by Gasteiger charge is -2.06. The van der Waals surface area contributed by atoms with Crippen molar-refractivity contribution < 1.29 is 4.42 Å². The first-order valence-corrected chi connectivity index (χ1v) is 8.81. The average molecular weight is 476 g/mol. The number of rotatable bonds is 6. The third kappa shape index (κ3) is 6.09. The summed E-state index contributed by atoms with van der Waals surface area (Å²) in [6, 6.07) is 16.3. The Hall–Kier alpha value is -2.35. The minimum atomic E-state index is 0. The van der Waals surface area contributed by atoms with Crippen LogP contribution in [-0.2, 0) is 12.8 Å². The van der Waals surface area contributed by atoms with E-state index in [4.69, 9.17) is 10.2 Å². The summed E-state index contributed by atoms with van der Waals surface area (Å²) in [4.78, 5) is 8.87. The van der Waals surface area contributed by atoms with Crippen molar-refractivity contribution in [3.8, 4) is 11.5 Å². The number of hydrogen-bond acceptors (Lipinski definition) is 3. The van der Waals surface area contributed by atoms with Crippen LogP contribution in [0.2, 0.25) is 0 Å². The van der Waals surface area contributed by atoms with Crippen LogP contribution >= 0.6 is 24.0 Å². The highest BCUT2D eigenvalue weighted by atomic mass is 127. The van der Waals surface area contributed by atoms with Gasteiger partial charge in [0.1, 0.15) is 6.26 Å². The summed E-state index contributed by atoms with van der Waals surface area (Å²) < 4.78 is 5.56. The number of aromatic nitrogens is 1. The number of benzene rings is 2. The van der Waals surface area contributed by atoms with Gasteiger partial charge in [-0.2, -0.15) is 0 Å². The molecular formula is C21H25IN4O. The van der Waals surface area contributed by atoms with E-state index in [1.165, 1.54) is 11.1 Å². The van der Waals surface area contributed by atoms with Gasteiger partial charge in [0.15, 0.2) is 5.96 Å². The molecule has 3 rings (SSSR count). The van der Waals surface area contributed by atoms with Crippen molar-refractivity contribution in [2.75, 3.05) is 11.9 Å². The number of nitrogens with zero attached hydrogens (tertiary/aromatic N) is 2. The van der Waals surface area contributed by atoms with Crippen molar-refractivity contribution in [3.63, 3.8) is 0 Å². The molecule has 0 amide bonds. The molecule has 0 aliphatic heterocycles. The van der Waals surface area contributed by atoms with Crippen LogP contribution in [0.3, 0.4) is 0 Å². The number of hydrogen-bond donors (Lipinski definition) is 2. The van der Waals surface area contributed by atoms with Crippen LogP contribution in [0.5, 0.6) is 0 Å². The molecule has 1 heterocycles. The van der Waals surface area contributed by atoms with Crippen molar-refractivity contribution >= 4 is 35.6 Å². The fourth-order valence-corrected chi connectivity index (χ4v) is 2.55. The van der Waals surface area contributed by atoms with Gasteiger partial charge in [0.05, 0.1) is 5.69 Å². The summed E-state index contributed by atoms with van der Waals surface area (Å²) in [5.74, 6) is 1.03. The second-order valence-electron chi connectivity index (χ2n) is 6.20. The lowest BCUT2D eigenvalue weighted by atomic mass is 10.1. The maximum absolute atomic E-state index is 5.95. The van der Waals surface area contributed by atoms with Crippen LogP contribution in [0.1, 0.15) is 23.7 Å². The molecule has 0 radical (unpaired) electrons. The van der Waals surface area contributed by atoms with E-state index in [1.54, 1.807) is 6.26 Å². The minimum absolute atomic E-state index is 0. The number of guanidine groups is 1. The highest BCUT2D eigenvalue weighted by Crippen LogP contribution is 2.19. The first-order valence-electron chi connectivity index (χ1n) is 8.81. The summed E-state index contributed by atoms with van der Waals surface area (Å²) >= 11 is 0. The normalized spacial score (nSPS) is 11.1. The summed E-state index contributed by atoms with van der Waals surface area (Å²) in [6.45, 7) is 4.73. The SMILES string of the molecule is CCc1ccc(NC(N)=NCCc2coc(-c3ccc(C)cc3)n2)cc1.I. The molecule has 3 N–H and O–H groups in total. The molecule has 0 spiro atoms. The Morgan fingerprint density at radius 2 is 1.81 bits per heavy atom. The van der Waals surface area contributed by atoms with Crippen molar-refractivity contribution in [1.82, 2.24) is 4.98 Å². The molecule has 0 unspecified atom stereocenters.